The summed E-state index contributed by atoms with van der Waals surface area (Å²) in [6, 6.07) is 11.2. The van der Waals surface area contributed by atoms with Crippen LogP contribution in [0.4, 0.5) is 11.4 Å². The fourth-order valence-corrected chi connectivity index (χ4v) is 7.62. The van der Waals surface area contributed by atoms with E-state index >= 15 is 0 Å². The lowest BCUT2D eigenvalue weighted by Gasteiger charge is -2.27. The number of nitrogens with one attached hydrogen (secondary N) is 1. The zero-order chi connectivity index (χ0) is 38.8. The summed E-state index contributed by atoms with van der Waals surface area (Å²) in [5.41, 5.74) is 6.98. The van der Waals surface area contributed by atoms with E-state index in [1.165, 1.54) is 34.7 Å². The third kappa shape index (κ3) is 10.6. The number of nitrogens with zero attached hydrogens (tertiary/aromatic N) is 2. The Kier molecular flexibility index (Phi) is 14.5. The number of ether oxygens (including phenoxy) is 2. The smallest absolute Gasteiger partial charge is 0.220 e. The number of carbonyl (C=O) groups is 2. The first-order valence-electron chi connectivity index (χ1n) is 18.7. The molecule has 2 aromatic carbocycles. The minimum Gasteiger partial charge on any atom is -0.744 e. The largest absolute Gasteiger partial charge is 0.744 e. The quantitative estimate of drug-likeness (QED) is 0.0680. The van der Waals surface area contributed by atoms with Crippen LogP contribution < -0.4 is 10.2 Å². The highest BCUT2D eigenvalue weighted by Gasteiger charge is 2.43. The molecule has 0 atom stereocenters. The van der Waals surface area contributed by atoms with Crippen LogP contribution in [0, 0.1) is 6.92 Å². The fourth-order valence-electron chi connectivity index (χ4n) is 7.13. The first-order chi connectivity index (χ1) is 25.1. The average Bonchev–Trinajstić information content (AvgIpc) is 3.43. The minimum atomic E-state index is -4.61. The molecule has 0 spiro atoms. The van der Waals surface area contributed by atoms with Gasteiger partial charge in [0.1, 0.15) is 22.9 Å². The second kappa shape index (κ2) is 18.4. The third-order valence-corrected chi connectivity index (χ3v) is 11.0. The number of benzene rings is 2. The summed E-state index contributed by atoms with van der Waals surface area (Å²) in [6.45, 7) is 15.3. The normalized spacial score (nSPS) is 17.0. The maximum Gasteiger partial charge on any atom is 0.220 e. The van der Waals surface area contributed by atoms with Crippen molar-refractivity contribution in [2.45, 2.75) is 95.8 Å². The Morgan fingerprint density at radius 2 is 1.62 bits per heavy atom. The summed E-state index contributed by atoms with van der Waals surface area (Å²) >= 11 is 0. The van der Waals surface area contributed by atoms with Crippen LogP contribution in [0.2, 0.25) is 0 Å². The van der Waals surface area contributed by atoms with Crippen LogP contribution >= 0.6 is 0 Å². The first-order valence-corrected chi connectivity index (χ1v) is 20.1. The number of Topliss-reactive ketones (excluding diaryl/α,β-unsaturated/α-hetero) is 1. The highest BCUT2D eigenvalue weighted by atomic mass is 32.2. The number of hydrogen-bond donors (Lipinski definition) is 1. The second-order valence-corrected chi connectivity index (χ2v) is 16.2. The maximum absolute atomic E-state index is 12.4. The van der Waals surface area contributed by atoms with Gasteiger partial charge in [0.2, 0.25) is 11.6 Å². The molecule has 1 amide bonds. The van der Waals surface area contributed by atoms with Gasteiger partial charge < -0.3 is 24.2 Å². The van der Waals surface area contributed by atoms with E-state index in [4.69, 9.17) is 9.47 Å². The van der Waals surface area contributed by atoms with Gasteiger partial charge in [0.15, 0.2) is 5.71 Å². The highest BCUT2D eigenvalue weighted by molar-refractivity contribution is 7.85. The van der Waals surface area contributed by atoms with Gasteiger partial charge in [0, 0.05) is 66.9 Å². The number of unbranched alkanes of at least 4 members (excludes halogenated alkanes) is 2. The Bertz CT molecular complexity index is 1870. The molecule has 288 valence electrons. The average molecular weight is 748 g/mol. The molecule has 0 fully saturated rings. The van der Waals surface area contributed by atoms with Gasteiger partial charge in [-0.2, -0.15) is 4.58 Å². The number of hydrogen-bond acceptors (Lipinski definition) is 8. The predicted molar refractivity (Wildman–Crippen MR) is 209 cm³/mol. The number of amides is 1. The monoisotopic (exact) mass is 747 g/mol. The van der Waals surface area contributed by atoms with Gasteiger partial charge in [0.05, 0.1) is 36.7 Å². The molecule has 1 N–H and O–H groups in total. The number of carbonyl (C=O) groups excluding carboxylic acids is 2. The van der Waals surface area contributed by atoms with Crippen molar-refractivity contribution in [3.8, 4) is 0 Å². The van der Waals surface area contributed by atoms with Crippen LogP contribution in [0.3, 0.4) is 0 Å². The molecule has 0 aromatic heterocycles. The molecule has 0 radical (unpaired) electrons. The van der Waals surface area contributed by atoms with Gasteiger partial charge in [-0.1, -0.05) is 57.0 Å². The van der Waals surface area contributed by atoms with E-state index in [0.29, 0.717) is 58.8 Å². The van der Waals surface area contributed by atoms with Crippen molar-refractivity contribution < 1.29 is 36.6 Å². The van der Waals surface area contributed by atoms with Crippen molar-refractivity contribution in [2.24, 2.45) is 0 Å². The Morgan fingerprint density at radius 1 is 0.887 bits per heavy atom. The number of allylic oxidation sites excluding steroid dienone is 6. The van der Waals surface area contributed by atoms with E-state index in [-0.39, 0.29) is 22.0 Å². The van der Waals surface area contributed by atoms with Crippen LogP contribution in [0.1, 0.15) is 89.8 Å². The van der Waals surface area contributed by atoms with Crippen molar-refractivity contribution in [3.63, 3.8) is 0 Å². The lowest BCUT2D eigenvalue weighted by atomic mass is 9.81. The first kappa shape index (κ1) is 41.9. The molecule has 4 rings (SSSR count). The molecule has 2 heterocycles. The molecule has 0 saturated carbocycles. The summed E-state index contributed by atoms with van der Waals surface area (Å²) in [7, 11) is -2.51. The van der Waals surface area contributed by atoms with Gasteiger partial charge in [-0.25, -0.2) is 8.42 Å². The van der Waals surface area contributed by atoms with E-state index < -0.39 is 15.5 Å². The van der Waals surface area contributed by atoms with Crippen molar-refractivity contribution in [1.29, 1.82) is 0 Å². The topological polar surface area (TPSA) is 128 Å². The SMILES string of the molecule is CCC(=O)CCOCCOCCNC(=O)CCCCCN1C(=CC=CC=CC2=[N+](C)c3ccc(C)cc3C2(C)C)C(C)(C)c2cc(S(=O)(=O)[O-])ccc21. The number of ketones is 1. The molecule has 10 nitrogen and oxygen atoms in total. The lowest BCUT2D eigenvalue weighted by molar-refractivity contribution is -0.401. The standard InChI is InChI=1S/C42H57N3O7S/c1-8-32(46)22-25-51-27-28-52-26-23-43-40(47)17-13-10-14-24-45-37-21-19-33(53(48,49)50)30-35(37)42(5,6)39(45)16-12-9-11-15-38-41(3,4)34-29-31(2)18-20-36(34)44(38)7/h9,11-12,15-16,18-21,29-30H,8,10,13-14,17,22-28H2,1-7H3,(H-,43,47,48,49,50). The molecule has 0 saturated heterocycles. The molecule has 2 aliphatic heterocycles. The van der Waals surface area contributed by atoms with Crippen LogP contribution in [-0.4, -0.2) is 81.5 Å². The Balaban J connectivity index is 1.33. The number of fused-ring (bicyclic) bond motifs is 2. The highest BCUT2D eigenvalue weighted by Crippen LogP contribution is 2.48. The van der Waals surface area contributed by atoms with Gasteiger partial charge >= 0.3 is 0 Å². The molecule has 53 heavy (non-hydrogen) atoms. The minimum absolute atomic E-state index is 0.0231. The lowest BCUT2D eigenvalue weighted by Crippen LogP contribution is -2.28. The summed E-state index contributed by atoms with van der Waals surface area (Å²) in [5, 5.41) is 2.89. The molecular formula is C42H57N3O7S. The van der Waals surface area contributed by atoms with Gasteiger partial charge in [-0.05, 0) is 69.5 Å². The van der Waals surface area contributed by atoms with E-state index in [2.05, 4.69) is 79.0 Å². The molecule has 0 bridgehead atoms. The fraction of sp³-hybridized carbons (Fsp3) is 0.500. The van der Waals surface area contributed by atoms with Crippen LogP contribution in [0.5, 0.6) is 0 Å². The van der Waals surface area contributed by atoms with Crippen LogP contribution in [0.25, 0.3) is 0 Å². The maximum atomic E-state index is 12.4. The van der Waals surface area contributed by atoms with Gasteiger partial charge in [-0.15, -0.1) is 0 Å². The number of aryl methyl sites for hydroxylation is 1. The molecular weight excluding hydrogens is 691 g/mol. The van der Waals surface area contributed by atoms with Crippen molar-refractivity contribution in [2.75, 3.05) is 51.5 Å². The van der Waals surface area contributed by atoms with Crippen LogP contribution in [0.15, 0.2) is 77.4 Å². The summed E-state index contributed by atoms with van der Waals surface area (Å²) in [5.74, 6) is 0.158. The molecule has 0 aliphatic carbocycles. The van der Waals surface area contributed by atoms with E-state index in [1.807, 2.05) is 32.9 Å². The van der Waals surface area contributed by atoms with E-state index in [0.717, 1.165) is 36.2 Å². The molecule has 2 aliphatic rings. The predicted octanol–water partition coefficient (Wildman–Crippen LogP) is 6.78. The Morgan fingerprint density at radius 3 is 2.34 bits per heavy atom. The van der Waals surface area contributed by atoms with E-state index in [1.54, 1.807) is 6.07 Å². The van der Waals surface area contributed by atoms with E-state index in [9.17, 15) is 22.6 Å². The Labute approximate surface area is 316 Å². The summed E-state index contributed by atoms with van der Waals surface area (Å²) < 4.78 is 48.9. The van der Waals surface area contributed by atoms with Crippen molar-refractivity contribution >= 4 is 38.9 Å². The summed E-state index contributed by atoms with van der Waals surface area (Å²) in [4.78, 5) is 25.6. The van der Waals surface area contributed by atoms with Crippen molar-refractivity contribution in [1.82, 2.24) is 5.32 Å². The molecule has 11 heteroatoms. The zero-order valence-electron chi connectivity index (χ0n) is 32.5. The number of rotatable bonds is 20. The van der Waals surface area contributed by atoms with Gasteiger partial charge in [-0.3, -0.25) is 9.59 Å². The Hall–Kier alpha value is -3.90. The summed E-state index contributed by atoms with van der Waals surface area (Å²) in [6.07, 6.45) is 14.0. The van der Waals surface area contributed by atoms with Crippen LogP contribution in [-0.2, 0) is 40.0 Å². The molecule has 0 unspecified atom stereocenters. The zero-order valence-corrected chi connectivity index (χ0v) is 33.3. The second-order valence-electron chi connectivity index (χ2n) is 14.8. The number of anilines is 1. The third-order valence-electron chi connectivity index (χ3n) is 10.2. The van der Waals surface area contributed by atoms with Gasteiger partial charge in [0.25, 0.3) is 0 Å². The molecule has 2 aromatic rings. The van der Waals surface area contributed by atoms with Crippen molar-refractivity contribution in [3.05, 3.63) is 89.2 Å².